The third-order valence-electron chi connectivity index (χ3n) is 4.92. The van der Waals surface area contributed by atoms with Gasteiger partial charge in [0, 0.05) is 19.3 Å². The molecule has 0 saturated heterocycles. The molecule has 0 radical (unpaired) electrons. The standard InChI is InChI=1S/C18H22N4O3/c23-11-12-4-5-19-16(8-12)18(25)21-6-1-7-22-14(10-21)9-15(20-22)17(24)13-2-3-13/h4-5,8-9,13,17,23-24H,1-3,6-7,10-11H2. The average molecular weight is 342 g/mol. The lowest BCUT2D eigenvalue weighted by Gasteiger charge is -2.19. The van der Waals surface area contributed by atoms with Crippen LogP contribution in [0.3, 0.4) is 0 Å². The molecule has 2 N–H and O–H groups in total. The van der Waals surface area contributed by atoms with Crippen molar-refractivity contribution < 1.29 is 15.0 Å². The third kappa shape index (κ3) is 3.29. The van der Waals surface area contributed by atoms with Crippen molar-refractivity contribution in [3.05, 3.63) is 47.0 Å². The Morgan fingerprint density at radius 3 is 2.92 bits per heavy atom. The fraction of sp³-hybridized carbons (Fsp3) is 0.500. The summed E-state index contributed by atoms with van der Waals surface area (Å²) in [5.41, 5.74) is 2.68. The second-order valence-corrected chi connectivity index (χ2v) is 6.85. The van der Waals surface area contributed by atoms with Crippen LogP contribution in [0.4, 0.5) is 0 Å². The Balaban J connectivity index is 1.54. The molecule has 1 fully saturated rings. The maximum Gasteiger partial charge on any atom is 0.272 e. The van der Waals surface area contributed by atoms with E-state index in [9.17, 15) is 15.0 Å². The third-order valence-corrected chi connectivity index (χ3v) is 4.92. The molecular formula is C18H22N4O3. The first-order valence-electron chi connectivity index (χ1n) is 8.75. The molecule has 1 aliphatic heterocycles. The fourth-order valence-corrected chi connectivity index (χ4v) is 3.31. The summed E-state index contributed by atoms with van der Waals surface area (Å²) in [6.45, 7) is 1.71. The first-order valence-corrected chi connectivity index (χ1v) is 8.75. The van der Waals surface area contributed by atoms with Crippen LogP contribution < -0.4 is 0 Å². The van der Waals surface area contributed by atoms with Crippen molar-refractivity contribution in [1.82, 2.24) is 19.7 Å². The molecule has 4 rings (SSSR count). The minimum absolute atomic E-state index is 0.113. The predicted octanol–water partition coefficient (Wildman–Crippen LogP) is 1.26. The molecule has 2 aromatic heterocycles. The minimum Gasteiger partial charge on any atom is -0.392 e. The summed E-state index contributed by atoms with van der Waals surface area (Å²) >= 11 is 0. The van der Waals surface area contributed by atoms with Gasteiger partial charge in [0.1, 0.15) is 11.8 Å². The maximum atomic E-state index is 12.8. The number of aliphatic hydroxyl groups is 2. The van der Waals surface area contributed by atoms with Gasteiger partial charge in [0.25, 0.3) is 5.91 Å². The normalized spacial score (nSPS) is 18.6. The van der Waals surface area contributed by atoms with Crippen LogP contribution in [0.2, 0.25) is 0 Å². The van der Waals surface area contributed by atoms with Crippen LogP contribution >= 0.6 is 0 Å². The average Bonchev–Trinajstić information content (AvgIpc) is 3.44. The molecule has 3 heterocycles. The van der Waals surface area contributed by atoms with Gasteiger partial charge in [0.15, 0.2) is 0 Å². The van der Waals surface area contributed by atoms with Crippen molar-refractivity contribution in [2.75, 3.05) is 6.54 Å². The number of aliphatic hydroxyl groups excluding tert-OH is 2. The van der Waals surface area contributed by atoms with E-state index in [1.807, 2.05) is 10.7 Å². The minimum atomic E-state index is -0.494. The van der Waals surface area contributed by atoms with Gasteiger partial charge in [-0.1, -0.05) is 0 Å². The van der Waals surface area contributed by atoms with E-state index in [-0.39, 0.29) is 12.5 Å². The molecule has 1 saturated carbocycles. The molecule has 7 nitrogen and oxygen atoms in total. The Morgan fingerprint density at radius 2 is 2.16 bits per heavy atom. The first-order chi connectivity index (χ1) is 12.2. The number of nitrogens with zero attached hydrogens (tertiary/aromatic N) is 4. The van der Waals surface area contributed by atoms with Crippen LogP contribution in [0.15, 0.2) is 24.4 Å². The largest absolute Gasteiger partial charge is 0.392 e. The molecule has 1 atom stereocenters. The van der Waals surface area contributed by atoms with Gasteiger partial charge >= 0.3 is 0 Å². The van der Waals surface area contributed by atoms with Gasteiger partial charge in [-0.25, -0.2) is 0 Å². The number of pyridine rings is 1. The lowest BCUT2D eigenvalue weighted by atomic mass is 10.1. The number of aryl methyl sites for hydroxylation is 1. The topological polar surface area (TPSA) is 91.5 Å². The summed E-state index contributed by atoms with van der Waals surface area (Å²) in [5, 5.41) is 24.1. The van der Waals surface area contributed by atoms with Gasteiger partial charge in [-0.15, -0.1) is 0 Å². The van der Waals surface area contributed by atoms with E-state index in [1.165, 1.54) is 0 Å². The number of fused-ring (bicyclic) bond motifs is 1. The lowest BCUT2D eigenvalue weighted by Crippen LogP contribution is -2.31. The summed E-state index contributed by atoms with van der Waals surface area (Å²) in [5.74, 6) is 0.191. The van der Waals surface area contributed by atoms with Gasteiger partial charge in [-0.3, -0.25) is 14.5 Å². The van der Waals surface area contributed by atoms with Crippen LogP contribution in [0.1, 0.15) is 52.8 Å². The van der Waals surface area contributed by atoms with E-state index in [0.717, 1.165) is 31.5 Å². The number of rotatable bonds is 4. The van der Waals surface area contributed by atoms with Gasteiger partial charge in [0.2, 0.25) is 0 Å². The van der Waals surface area contributed by atoms with Gasteiger partial charge in [0.05, 0.1) is 24.5 Å². The Hall–Kier alpha value is -2.25. The van der Waals surface area contributed by atoms with Crippen molar-refractivity contribution in [3.8, 4) is 0 Å². The van der Waals surface area contributed by atoms with E-state index >= 15 is 0 Å². The van der Waals surface area contributed by atoms with Crippen LogP contribution in [-0.2, 0) is 19.7 Å². The molecule has 0 aromatic carbocycles. The highest BCUT2D eigenvalue weighted by atomic mass is 16.3. The highest BCUT2D eigenvalue weighted by Crippen LogP contribution is 2.40. The highest BCUT2D eigenvalue weighted by Gasteiger charge is 2.33. The number of amides is 1. The molecule has 2 aromatic rings. The summed E-state index contributed by atoms with van der Waals surface area (Å²) in [6, 6.07) is 5.25. The van der Waals surface area contributed by atoms with Crippen LogP contribution in [0.5, 0.6) is 0 Å². The SMILES string of the molecule is O=C(c1cc(CO)ccn1)N1CCCn2nc(C(O)C3CC3)cc2C1. The number of hydrogen-bond donors (Lipinski definition) is 2. The fourth-order valence-electron chi connectivity index (χ4n) is 3.31. The van der Waals surface area contributed by atoms with Crippen molar-refractivity contribution >= 4 is 5.91 Å². The first kappa shape index (κ1) is 16.2. The molecule has 1 amide bonds. The van der Waals surface area contributed by atoms with Gasteiger partial charge in [-0.05, 0) is 48.9 Å². The Kier molecular flexibility index (Phi) is 4.27. The lowest BCUT2D eigenvalue weighted by molar-refractivity contribution is 0.0739. The van der Waals surface area contributed by atoms with Crippen molar-refractivity contribution in [3.63, 3.8) is 0 Å². The highest BCUT2D eigenvalue weighted by molar-refractivity contribution is 5.92. The van der Waals surface area contributed by atoms with E-state index in [1.54, 1.807) is 23.2 Å². The quantitative estimate of drug-likeness (QED) is 0.873. The van der Waals surface area contributed by atoms with Crippen LogP contribution in [-0.4, -0.2) is 42.3 Å². The summed E-state index contributed by atoms with van der Waals surface area (Å²) < 4.78 is 1.91. The zero-order valence-corrected chi connectivity index (χ0v) is 14.0. The van der Waals surface area contributed by atoms with E-state index in [4.69, 9.17) is 0 Å². The van der Waals surface area contributed by atoms with Crippen LogP contribution in [0.25, 0.3) is 0 Å². The molecule has 25 heavy (non-hydrogen) atoms. The molecule has 0 spiro atoms. The summed E-state index contributed by atoms with van der Waals surface area (Å²) in [4.78, 5) is 18.7. The van der Waals surface area contributed by atoms with Crippen molar-refractivity contribution in [2.24, 2.45) is 5.92 Å². The molecule has 132 valence electrons. The number of carbonyl (C=O) groups excluding carboxylic acids is 1. The number of hydrogen-bond acceptors (Lipinski definition) is 5. The Morgan fingerprint density at radius 1 is 1.32 bits per heavy atom. The second-order valence-electron chi connectivity index (χ2n) is 6.85. The zero-order chi connectivity index (χ0) is 17.4. The maximum absolute atomic E-state index is 12.8. The van der Waals surface area contributed by atoms with Crippen LogP contribution in [0, 0.1) is 5.92 Å². The molecule has 1 unspecified atom stereocenters. The molecule has 0 bridgehead atoms. The number of carbonyl (C=O) groups is 1. The Labute approximate surface area is 145 Å². The predicted molar refractivity (Wildman–Crippen MR) is 89.4 cm³/mol. The second kappa shape index (κ2) is 6.57. The molecule has 2 aliphatic rings. The smallest absolute Gasteiger partial charge is 0.272 e. The monoisotopic (exact) mass is 342 g/mol. The van der Waals surface area contributed by atoms with E-state index in [0.29, 0.717) is 36.0 Å². The summed E-state index contributed by atoms with van der Waals surface area (Å²) in [7, 11) is 0. The van der Waals surface area contributed by atoms with Gasteiger partial charge in [-0.2, -0.15) is 5.10 Å². The van der Waals surface area contributed by atoms with Crippen molar-refractivity contribution in [1.29, 1.82) is 0 Å². The number of aromatic nitrogens is 3. The zero-order valence-electron chi connectivity index (χ0n) is 14.0. The van der Waals surface area contributed by atoms with Crippen molar-refractivity contribution in [2.45, 2.75) is 45.1 Å². The van der Waals surface area contributed by atoms with E-state index in [2.05, 4.69) is 10.1 Å². The summed E-state index contributed by atoms with van der Waals surface area (Å²) in [6.07, 6.45) is 3.97. The van der Waals surface area contributed by atoms with Gasteiger partial charge < -0.3 is 15.1 Å². The molecule has 7 heteroatoms. The van der Waals surface area contributed by atoms with E-state index < -0.39 is 6.10 Å². The molecular weight excluding hydrogens is 320 g/mol. The molecule has 1 aliphatic carbocycles. The Bertz CT molecular complexity index is 784.